The van der Waals surface area contributed by atoms with Crippen LogP contribution in [0.2, 0.25) is 0 Å². The molecule has 8 unspecified atom stereocenters. The van der Waals surface area contributed by atoms with E-state index < -0.39 is 0 Å². The maximum atomic E-state index is 11.5. The first-order valence-corrected chi connectivity index (χ1v) is 26.1. The Morgan fingerprint density at radius 2 is 1.59 bits per heavy atom. The largest absolute Gasteiger partial charge is 0.342 e. The summed E-state index contributed by atoms with van der Waals surface area (Å²) in [6, 6.07) is 21.6. The quantitative estimate of drug-likeness (QED) is 0.257. The Bertz CT molecular complexity index is 2490. The molecule has 8 atom stereocenters. The first-order valence-electron chi connectivity index (χ1n) is 24.4. The zero-order chi connectivity index (χ0) is 42.2. The van der Waals surface area contributed by atoms with E-state index in [-0.39, 0.29) is 35.9 Å². The van der Waals surface area contributed by atoms with E-state index in [0.717, 1.165) is 63.4 Å². The van der Waals surface area contributed by atoms with E-state index in [1.54, 1.807) is 10.5 Å². The lowest BCUT2D eigenvalue weighted by molar-refractivity contribution is 0.0873. The van der Waals surface area contributed by atoms with Crippen molar-refractivity contribution in [3.8, 4) is 6.07 Å². The molecule has 12 rings (SSSR count). The summed E-state index contributed by atoms with van der Waals surface area (Å²) >= 11 is 4.16. The van der Waals surface area contributed by atoms with E-state index in [1.807, 2.05) is 11.8 Å². The maximum Gasteiger partial charge on any atom is 0.0965 e. The van der Waals surface area contributed by atoms with Crippen molar-refractivity contribution in [1.29, 1.82) is 5.26 Å². The van der Waals surface area contributed by atoms with Gasteiger partial charge in [-0.3, -0.25) is 16.0 Å². The number of benzene rings is 2. The van der Waals surface area contributed by atoms with Crippen LogP contribution in [0.3, 0.4) is 0 Å². The van der Waals surface area contributed by atoms with Gasteiger partial charge in [-0.15, -0.1) is 11.8 Å². The predicted molar refractivity (Wildman–Crippen MR) is 260 cm³/mol. The molecule has 8 heteroatoms. The minimum absolute atomic E-state index is 0.0355. The number of nitrogens with one attached hydrogen (secondary N) is 3. The number of hydrogen-bond acceptors (Lipinski definition) is 8. The summed E-state index contributed by atoms with van der Waals surface area (Å²) in [5, 5.41) is 24.6. The van der Waals surface area contributed by atoms with Crippen molar-refractivity contribution < 1.29 is 0 Å². The molecule has 7 aliphatic carbocycles. The fourth-order valence-corrected chi connectivity index (χ4v) is 16.2. The van der Waals surface area contributed by atoms with Crippen LogP contribution >= 0.6 is 23.5 Å². The molecule has 3 heterocycles. The lowest BCUT2D eigenvalue weighted by Gasteiger charge is -2.54. The fraction of sp³-hybridized carbons (Fsp3) is 0.473. The second-order valence-electron chi connectivity index (χ2n) is 20.1. The summed E-state index contributed by atoms with van der Waals surface area (Å²) in [5.74, 6) is 0.665. The summed E-state index contributed by atoms with van der Waals surface area (Å²) < 4.78 is 0. The predicted octanol–water partition coefficient (Wildman–Crippen LogP) is 12.6. The van der Waals surface area contributed by atoms with Gasteiger partial charge < -0.3 is 9.80 Å². The molecule has 0 aromatic heterocycles. The molecule has 2 aromatic carbocycles. The minimum atomic E-state index is -0.0782. The highest BCUT2D eigenvalue weighted by Crippen LogP contribution is 2.57. The molecular weight excluding hydrogens is 809 g/mol. The SMILES string of the molecule is CC1(C)c2c(cccc2C2NC(c3ccccc3)NC(C3CC(C#N)=C(N4C5=C(CCCC5)SC5C=CCCC54)CC3N3C4=C(CCC=C4)SC4=C3CCC=C4)N2)C2=CCCCC21. The number of rotatable bonds is 5. The van der Waals surface area contributed by atoms with E-state index in [4.69, 9.17) is 0 Å². The Hall–Kier alpha value is -3.97. The van der Waals surface area contributed by atoms with Crippen molar-refractivity contribution in [1.82, 2.24) is 25.8 Å². The van der Waals surface area contributed by atoms with E-state index in [0.29, 0.717) is 17.2 Å². The Morgan fingerprint density at radius 1 is 0.730 bits per heavy atom. The number of allylic oxidation sites excluding steroid dienone is 12. The average Bonchev–Trinajstić information content (AvgIpc) is 3.58. The van der Waals surface area contributed by atoms with Crippen molar-refractivity contribution in [3.05, 3.63) is 156 Å². The first-order chi connectivity index (χ1) is 31.0. The van der Waals surface area contributed by atoms with Gasteiger partial charge in [-0.1, -0.05) is 111 Å². The van der Waals surface area contributed by atoms with Crippen molar-refractivity contribution >= 4 is 29.1 Å². The van der Waals surface area contributed by atoms with E-state index in [2.05, 4.69) is 148 Å². The number of nitriles is 1. The minimum Gasteiger partial charge on any atom is -0.342 e. The van der Waals surface area contributed by atoms with Gasteiger partial charge in [0.1, 0.15) is 0 Å². The highest BCUT2D eigenvalue weighted by atomic mass is 32.2. The first kappa shape index (κ1) is 40.5. The highest BCUT2D eigenvalue weighted by Gasteiger charge is 2.50. The number of fused-ring (bicyclic) bond motifs is 4. The second kappa shape index (κ2) is 16.5. The van der Waals surface area contributed by atoms with Gasteiger partial charge in [0, 0.05) is 67.1 Å². The van der Waals surface area contributed by atoms with E-state index in [9.17, 15) is 5.26 Å². The molecular formula is C55H62N6S2. The average molecular weight is 871 g/mol. The summed E-state index contributed by atoms with van der Waals surface area (Å²) in [6.45, 7) is 5.00. The highest BCUT2D eigenvalue weighted by molar-refractivity contribution is 8.07. The molecule has 10 aliphatic rings. The topological polar surface area (TPSA) is 66.4 Å². The molecule has 3 N–H and O–H groups in total. The van der Waals surface area contributed by atoms with Crippen molar-refractivity contribution in [2.45, 2.75) is 151 Å². The third-order valence-electron chi connectivity index (χ3n) is 16.3. The van der Waals surface area contributed by atoms with Crippen molar-refractivity contribution in [2.24, 2.45) is 11.8 Å². The van der Waals surface area contributed by atoms with Gasteiger partial charge in [0.2, 0.25) is 0 Å². The third kappa shape index (κ3) is 6.85. The van der Waals surface area contributed by atoms with Gasteiger partial charge in [0.25, 0.3) is 0 Å². The molecule has 63 heavy (non-hydrogen) atoms. The van der Waals surface area contributed by atoms with Crippen LogP contribution in [0.5, 0.6) is 0 Å². The Labute approximate surface area is 383 Å². The summed E-state index contributed by atoms with van der Waals surface area (Å²) in [5.41, 5.74) is 13.9. The molecule has 1 fully saturated rings. The lowest BCUT2D eigenvalue weighted by atomic mass is 9.72. The molecule has 2 aromatic rings. The number of hydrogen-bond donors (Lipinski definition) is 3. The van der Waals surface area contributed by atoms with Crippen LogP contribution in [0.15, 0.2) is 134 Å². The molecule has 3 aliphatic heterocycles. The van der Waals surface area contributed by atoms with Crippen LogP contribution in [0, 0.1) is 23.2 Å². The Kier molecular flexibility index (Phi) is 10.6. The zero-order valence-corrected chi connectivity index (χ0v) is 38.7. The van der Waals surface area contributed by atoms with Crippen molar-refractivity contribution in [3.63, 3.8) is 0 Å². The smallest absolute Gasteiger partial charge is 0.0965 e. The van der Waals surface area contributed by atoms with E-state index >= 15 is 0 Å². The molecule has 0 spiro atoms. The lowest BCUT2D eigenvalue weighted by Crippen LogP contribution is -2.65. The van der Waals surface area contributed by atoms with Crippen LogP contribution in [0.25, 0.3) is 5.57 Å². The van der Waals surface area contributed by atoms with Gasteiger partial charge in [0.05, 0.1) is 30.3 Å². The van der Waals surface area contributed by atoms with Crippen LogP contribution in [0.4, 0.5) is 0 Å². The number of nitrogens with zero attached hydrogens (tertiary/aromatic N) is 3. The van der Waals surface area contributed by atoms with Crippen LogP contribution in [0.1, 0.15) is 145 Å². The summed E-state index contributed by atoms with van der Waals surface area (Å²) in [4.78, 5) is 10.2. The van der Waals surface area contributed by atoms with Crippen LogP contribution in [-0.4, -0.2) is 33.3 Å². The second-order valence-corrected chi connectivity index (χ2v) is 22.6. The standard InChI is InChI=1S/C55H62N6S2/c1-55(2)40-22-7-6-19-36(40)37-20-16-21-38(51(37)55)53-57-52(34-17-4-3-5-18-34)58-54(59-53)39-31-35(33-56)45(60-41-23-8-12-27-47(41)62-48-28-13-9-24-42(48)60)32-46(39)61-43-25-10-14-29-49(43)63-50-30-15-11-26-44(50)61/h3-5,10,12,15-21,25,27,30,39-41,46-47,52-54,57-59H,6-9,11,13-14,22-24,26,28-29,31-32H2,1-2H3. The Balaban J connectivity index is 1.01. The molecule has 0 bridgehead atoms. The number of thioether (sulfide) groups is 2. The Morgan fingerprint density at radius 3 is 2.49 bits per heavy atom. The molecule has 1 saturated heterocycles. The van der Waals surface area contributed by atoms with Gasteiger partial charge >= 0.3 is 0 Å². The van der Waals surface area contributed by atoms with Gasteiger partial charge in [0.15, 0.2) is 0 Å². The normalized spacial score (nSPS) is 33.3. The third-order valence-corrected chi connectivity index (χ3v) is 19.0. The molecule has 0 amide bonds. The van der Waals surface area contributed by atoms with E-state index in [1.165, 1.54) is 93.4 Å². The van der Waals surface area contributed by atoms with Gasteiger partial charge in [-0.05, 0) is 135 Å². The molecule has 0 saturated carbocycles. The van der Waals surface area contributed by atoms with Gasteiger partial charge in [-0.2, -0.15) is 5.26 Å². The summed E-state index contributed by atoms with van der Waals surface area (Å²) in [6.07, 6.45) is 33.6. The molecule has 324 valence electrons. The van der Waals surface area contributed by atoms with Crippen molar-refractivity contribution in [2.75, 3.05) is 0 Å². The van der Waals surface area contributed by atoms with Crippen LogP contribution in [-0.2, 0) is 5.41 Å². The summed E-state index contributed by atoms with van der Waals surface area (Å²) in [7, 11) is 0. The monoisotopic (exact) mass is 870 g/mol. The molecule has 0 radical (unpaired) electrons. The fourth-order valence-electron chi connectivity index (χ4n) is 13.5. The van der Waals surface area contributed by atoms with Gasteiger partial charge in [-0.25, -0.2) is 0 Å². The molecule has 6 nitrogen and oxygen atoms in total. The maximum absolute atomic E-state index is 11.5. The van der Waals surface area contributed by atoms with Crippen LogP contribution < -0.4 is 16.0 Å². The zero-order valence-electron chi connectivity index (χ0n) is 37.0.